The second kappa shape index (κ2) is 1.82. The fraction of sp³-hybridized carbons (Fsp3) is 0. The Morgan fingerprint density at radius 3 is 3.25 bits per heavy atom. The summed E-state index contributed by atoms with van der Waals surface area (Å²) in [5.41, 5.74) is 2.56. The van der Waals surface area contributed by atoms with Crippen molar-refractivity contribution in [2.24, 2.45) is 0 Å². The van der Waals surface area contributed by atoms with Crippen LogP contribution in [0.3, 0.4) is 0 Å². The van der Waals surface area contributed by atoms with Crippen molar-refractivity contribution >= 4 is 16.8 Å². The molecule has 0 radical (unpaired) electrons. The number of aromatic amines is 1. The zero-order chi connectivity index (χ0) is 7.97. The molecule has 0 aromatic carbocycles. The highest BCUT2D eigenvalue weighted by Crippen LogP contribution is 2.09. The Hall–Kier alpha value is -1.91. The zero-order valence-corrected chi connectivity index (χ0v) is 6.10. The van der Waals surface area contributed by atoms with Crippen LogP contribution in [0.2, 0.25) is 0 Å². The lowest BCUT2D eigenvalue weighted by Crippen LogP contribution is -1.86. The van der Waals surface area contributed by atoms with Crippen molar-refractivity contribution in [1.82, 2.24) is 24.6 Å². The smallest absolute Gasteiger partial charge is 0.172 e. The molecule has 3 heterocycles. The first kappa shape index (κ1) is 5.70. The van der Waals surface area contributed by atoms with E-state index in [2.05, 4.69) is 20.2 Å². The molecule has 0 bridgehead atoms. The zero-order valence-electron chi connectivity index (χ0n) is 6.10. The van der Waals surface area contributed by atoms with Gasteiger partial charge in [-0.05, 0) is 0 Å². The van der Waals surface area contributed by atoms with Gasteiger partial charge >= 0.3 is 0 Å². The van der Waals surface area contributed by atoms with Crippen LogP contribution in [0.1, 0.15) is 0 Å². The molecule has 0 fully saturated rings. The molecule has 5 heteroatoms. The van der Waals surface area contributed by atoms with E-state index in [0.717, 1.165) is 16.8 Å². The van der Waals surface area contributed by atoms with Crippen molar-refractivity contribution in [3.05, 3.63) is 24.8 Å². The third-order valence-corrected chi connectivity index (χ3v) is 1.84. The first-order chi connectivity index (χ1) is 5.95. The minimum absolute atomic E-state index is 0.778. The fourth-order valence-corrected chi connectivity index (χ4v) is 1.28. The Labute approximate surface area is 67.1 Å². The number of imidazole rings is 1. The molecule has 3 rings (SSSR count). The van der Waals surface area contributed by atoms with Crippen LogP contribution in [-0.4, -0.2) is 24.6 Å². The molecule has 0 saturated carbocycles. The van der Waals surface area contributed by atoms with E-state index >= 15 is 0 Å². The van der Waals surface area contributed by atoms with Crippen LogP contribution in [-0.2, 0) is 0 Å². The van der Waals surface area contributed by atoms with Crippen LogP contribution in [0.15, 0.2) is 24.8 Å². The topological polar surface area (TPSA) is 58.9 Å². The summed E-state index contributed by atoms with van der Waals surface area (Å²) in [6, 6.07) is 0. The molecule has 0 spiro atoms. The molecule has 0 aliphatic heterocycles. The van der Waals surface area contributed by atoms with E-state index in [9.17, 15) is 0 Å². The third-order valence-electron chi connectivity index (χ3n) is 1.84. The lowest BCUT2D eigenvalue weighted by atomic mass is 10.5. The lowest BCUT2D eigenvalue weighted by molar-refractivity contribution is 1.10. The Balaban J connectivity index is 2.71. The van der Waals surface area contributed by atoms with Crippen LogP contribution in [0.25, 0.3) is 16.8 Å². The minimum atomic E-state index is 0.778. The average Bonchev–Trinajstić information content (AvgIpc) is 2.71. The van der Waals surface area contributed by atoms with Crippen LogP contribution >= 0.6 is 0 Å². The maximum absolute atomic E-state index is 4.14. The van der Waals surface area contributed by atoms with E-state index < -0.39 is 0 Å². The first-order valence-electron chi connectivity index (χ1n) is 3.56. The highest BCUT2D eigenvalue weighted by atomic mass is 15.2. The quantitative estimate of drug-likeness (QED) is 0.522. The van der Waals surface area contributed by atoms with E-state index in [1.807, 2.05) is 10.6 Å². The standard InChI is InChI=1S/C7H5N5/c1-2-12-5-3-10-11-7(5)9-4-6(12)8-1/h1-4H,(H,10,11). The number of nitrogens with zero attached hydrogens (tertiary/aromatic N) is 4. The van der Waals surface area contributed by atoms with Gasteiger partial charge in [0.2, 0.25) is 0 Å². The minimum Gasteiger partial charge on any atom is -0.294 e. The highest BCUT2D eigenvalue weighted by Gasteiger charge is 2.01. The monoisotopic (exact) mass is 159 g/mol. The van der Waals surface area contributed by atoms with E-state index in [4.69, 9.17) is 0 Å². The van der Waals surface area contributed by atoms with Crippen molar-refractivity contribution in [2.45, 2.75) is 0 Å². The van der Waals surface area contributed by atoms with Gasteiger partial charge in [0.25, 0.3) is 0 Å². The second-order valence-electron chi connectivity index (χ2n) is 2.52. The van der Waals surface area contributed by atoms with Gasteiger partial charge in [0.1, 0.15) is 5.52 Å². The van der Waals surface area contributed by atoms with Crippen molar-refractivity contribution in [1.29, 1.82) is 0 Å². The largest absolute Gasteiger partial charge is 0.294 e. The van der Waals surface area contributed by atoms with Crippen molar-refractivity contribution in [3.63, 3.8) is 0 Å². The lowest BCUT2D eigenvalue weighted by Gasteiger charge is -1.92. The van der Waals surface area contributed by atoms with Crippen LogP contribution in [0.5, 0.6) is 0 Å². The van der Waals surface area contributed by atoms with Gasteiger partial charge in [0, 0.05) is 12.4 Å². The number of nitrogens with one attached hydrogen (secondary N) is 1. The molecule has 0 atom stereocenters. The maximum atomic E-state index is 4.14. The van der Waals surface area contributed by atoms with Crippen molar-refractivity contribution < 1.29 is 0 Å². The summed E-state index contributed by atoms with van der Waals surface area (Å²) in [5.74, 6) is 0. The summed E-state index contributed by atoms with van der Waals surface area (Å²) >= 11 is 0. The van der Waals surface area contributed by atoms with Gasteiger partial charge in [-0.3, -0.25) is 9.50 Å². The molecule has 1 N–H and O–H groups in total. The number of fused-ring (bicyclic) bond motifs is 3. The number of hydrogen-bond donors (Lipinski definition) is 1. The summed E-state index contributed by atoms with van der Waals surface area (Å²) in [6.45, 7) is 0. The summed E-state index contributed by atoms with van der Waals surface area (Å²) < 4.78 is 1.94. The summed E-state index contributed by atoms with van der Waals surface area (Å²) in [6.07, 6.45) is 7.07. The van der Waals surface area contributed by atoms with Gasteiger partial charge in [-0.2, -0.15) is 5.10 Å². The normalized spacial score (nSPS) is 11.3. The van der Waals surface area contributed by atoms with E-state index in [1.54, 1.807) is 18.6 Å². The third kappa shape index (κ3) is 0.554. The fourth-order valence-electron chi connectivity index (χ4n) is 1.28. The van der Waals surface area contributed by atoms with Crippen molar-refractivity contribution in [2.75, 3.05) is 0 Å². The van der Waals surface area contributed by atoms with Gasteiger partial charge in [0.05, 0.1) is 12.4 Å². The number of H-pyrrole nitrogens is 1. The number of rotatable bonds is 0. The van der Waals surface area contributed by atoms with E-state index in [0.29, 0.717) is 0 Å². The molecule has 0 saturated heterocycles. The molecule has 5 nitrogen and oxygen atoms in total. The van der Waals surface area contributed by atoms with Gasteiger partial charge in [0.15, 0.2) is 11.3 Å². The second-order valence-corrected chi connectivity index (χ2v) is 2.52. The van der Waals surface area contributed by atoms with Crippen LogP contribution < -0.4 is 0 Å². The Morgan fingerprint density at radius 1 is 1.25 bits per heavy atom. The predicted octanol–water partition coefficient (Wildman–Crippen LogP) is 0.606. The maximum Gasteiger partial charge on any atom is 0.172 e. The molecular weight excluding hydrogens is 154 g/mol. The first-order valence-corrected chi connectivity index (χ1v) is 3.56. The summed E-state index contributed by atoms with van der Waals surface area (Å²) in [4.78, 5) is 8.25. The Bertz CT molecular complexity index is 485. The average molecular weight is 159 g/mol. The van der Waals surface area contributed by atoms with Gasteiger partial charge in [-0.15, -0.1) is 0 Å². The molecule has 0 aliphatic carbocycles. The molecule has 0 aliphatic rings. The van der Waals surface area contributed by atoms with Gasteiger partial charge in [-0.1, -0.05) is 0 Å². The van der Waals surface area contributed by atoms with Crippen LogP contribution in [0, 0.1) is 0 Å². The molecule has 0 amide bonds. The van der Waals surface area contributed by atoms with Crippen molar-refractivity contribution in [3.8, 4) is 0 Å². The molecule has 3 aromatic heterocycles. The molecule has 0 unspecified atom stereocenters. The predicted molar refractivity (Wildman–Crippen MR) is 42.6 cm³/mol. The van der Waals surface area contributed by atoms with Gasteiger partial charge < -0.3 is 0 Å². The highest BCUT2D eigenvalue weighted by molar-refractivity contribution is 5.72. The SMILES string of the molecule is c1cn2c(cnc3[nH]ncc32)n1. The number of aromatic nitrogens is 5. The summed E-state index contributed by atoms with van der Waals surface area (Å²) in [5, 5.41) is 6.69. The van der Waals surface area contributed by atoms with Gasteiger partial charge in [-0.25, -0.2) is 9.97 Å². The van der Waals surface area contributed by atoms with Crippen LogP contribution in [0.4, 0.5) is 0 Å². The Morgan fingerprint density at radius 2 is 2.25 bits per heavy atom. The summed E-state index contributed by atoms with van der Waals surface area (Å²) in [7, 11) is 0. The van der Waals surface area contributed by atoms with E-state index in [1.165, 1.54) is 0 Å². The Kier molecular flexibility index (Phi) is 0.864. The molecule has 12 heavy (non-hydrogen) atoms. The molecule has 3 aromatic rings. The molecular formula is C7H5N5. The van der Waals surface area contributed by atoms with E-state index in [-0.39, 0.29) is 0 Å². The molecule has 58 valence electrons. The number of hydrogen-bond acceptors (Lipinski definition) is 3.